The predicted molar refractivity (Wildman–Crippen MR) is 94.2 cm³/mol. The summed E-state index contributed by atoms with van der Waals surface area (Å²) in [5.74, 6) is 0. The molecule has 0 amide bonds. The van der Waals surface area contributed by atoms with Gasteiger partial charge < -0.3 is 5.32 Å². The van der Waals surface area contributed by atoms with Crippen LogP contribution in [0.1, 0.15) is 35.2 Å². The molecule has 0 aliphatic carbocycles. The smallest absolute Gasteiger partial charge is 0.0724 e. The van der Waals surface area contributed by atoms with Gasteiger partial charge in [-0.3, -0.25) is 0 Å². The predicted octanol–water partition coefficient (Wildman–Crippen LogP) is 6.75. The lowest BCUT2D eigenvalue weighted by molar-refractivity contribution is 0.862. The first-order valence-electron chi connectivity index (χ1n) is 6.78. The number of nitrogens with one attached hydrogen (secondary N) is 1. The highest BCUT2D eigenvalue weighted by Crippen LogP contribution is 2.36. The van der Waals surface area contributed by atoms with E-state index in [1.165, 1.54) is 22.3 Å². The molecule has 2 aromatic carbocycles. The Morgan fingerprint density at radius 3 is 1.81 bits per heavy atom. The molecule has 0 saturated heterocycles. The molecule has 1 nitrogen and oxygen atoms in total. The molecule has 21 heavy (non-hydrogen) atoms. The van der Waals surface area contributed by atoms with Crippen LogP contribution in [0.2, 0.25) is 15.1 Å². The third-order valence-corrected chi connectivity index (χ3v) is 4.35. The van der Waals surface area contributed by atoms with Gasteiger partial charge in [-0.1, -0.05) is 52.5 Å². The molecule has 0 radical (unpaired) electrons. The van der Waals surface area contributed by atoms with Crippen molar-refractivity contribution in [1.29, 1.82) is 0 Å². The molecule has 0 aliphatic rings. The summed E-state index contributed by atoms with van der Waals surface area (Å²) in [5, 5.41) is 4.99. The van der Waals surface area contributed by atoms with Gasteiger partial charge in [0, 0.05) is 11.1 Å². The van der Waals surface area contributed by atoms with Gasteiger partial charge in [-0.25, -0.2) is 0 Å². The Hall–Kier alpha value is -0.890. The minimum Gasteiger partial charge on any atom is -0.376 e. The van der Waals surface area contributed by atoms with Crippen LogP contribution in [0, 0.1) is 20.8 Å². The third kappa shape index (κ3) is 3.66. The fourth-order valence-electron chi connectivity index (χ4n) is 2.84. The Morgan fingerprint density at radius 1 is 0.857 bits per heavy atom. The molecule has 0 heterocycles. The summed E-state index contributed by atoms with van der Waals surface area (Å²) in [4.78, 5) is 0. The SMILES string of the molecule is Cc1cc(C)c(C(C)Nc2c(Cl)cc(Cl)cc2Cl)c(C)c1. The number of benzene rings is 2. The summed E-state index contributed by atoms with van der Waals surface area (Å²) in [6.07, 6.45) is 0. The second-order valence-electron chi connectivity index (χ2n) is 5.42. The van der Waals surface area contributed by atoms with Crippen molar-refractivity contribution in [2.24, 2.45) is 0 Å². The van der Waals surface area contributed by atoms with Gasteiger partial charge in [-0.2, -0.15) is 0 Å². The molecule has 1 atom stereocenters. The third-order valence-electron chi connectivity index (χ3n) is 3.54. The van der Waals surface area contributed by atoms with Crippen LogP contribution in [0.3, 0.4) is 0 Å². The first kappa shape index (κ1) is 16.5. The van der Waals surface area contributed by atoms with Crippen molar-refractivity contribution in [3.63, 3.8) is 0 Å². The largest absolute Gasteiger partial charge is 0.376 e. The van der Waals surface area contributed by atoms with Crippen LogP contribution in [-0.4, -0.2) is 0 Å². The zero-order valence-electron chi connectivity index (χ0n) is 12.5. The van der Waals surface area contributed by atoms with Crippen LogP contribution in [-0.2, 0) is 0 Å². The highest BCUT2D eigenvalue weighted by molar-refractivity contribution is 6.41. The molecular formula is C17H18Cl3N. The molecule has 0 saturated carbocycles. The lowest BCUT2D eigenvalue weighted by Gasteiger charge is -2.22. The molecule has 1 N–H and O–H groups in total. The normalized spacial score (nSPS) is 12.3. The van der Waals surface area contributed by atoms with Crippen LogP contribution in [0.15, 0.2) is 24.3 Å². The Bertz CT molecular complexity index is 634. The fraction of sp³-hybridized carbons (Fsp3) is 0.294. The van der Waals surface area contributed by atoms with Gasteiger partial charge in [0.05, 0.1) is 15.7 Å². The lowest BCUT2D eigenvalue weighted by Crippen LogP contribution is -2.11. The number of halogens is 3. The van der Waals surface area contributed by atoms with E-state index in [0.717, 1.165) is 5.69 Å². The van der Waals surface area contributed by atoms with Crippen LogP contribution in [0.5, 0.6) is 0 Å². The van der Waals surface area contributed by atoms with E-state index in [-0.39, 0.29) is 6.04 Å². The first-order chi connectivity index (χ1) is 9.79. The van der Waals surface area contributed by atoms with E-state index < -0.39 is 0 Å². The molecule has 4 heteroatoms. The monoisotopic (exact) mass is 341 g/mol. The van der Waals surface area contributed by atoms with Crippen LogP contribution < -0.4 is 5.32 Å². The minimum atomic E-state index is 0.0989. The first-order valence-corrected chi connectivity index (χ1v) is 7.91. The van der Waals surface area contributed by atoms with Crippen molar-refractivity contribution in [2.45, 2.75) is 33.7 Å². The average Bonchev–Trinajstić information content (AvgIpc) is 2.32. The van der Waals surface area contributed by atoms with Crippen LogP contribution in [0.4, 0.5) is 5.69 Å². The van der Waals surface area contributed by atoms with Gasteiger partial charge >= 0.3 is 0 Å². The van der Waals surface area contributed by atoms with Crippen molar-refractivity contribution in [3.05, 3.63) is 61.6 Å². The van der Waals surface area contributed by atoms with Gasteiger partial charge in [0.2, 0.25) is 0 Å². The number of hydrogen-bond acceptors (Lipinski definition) is 1. The molecule has 0 spiro atoms. The second-order valence-corrected chi connectivity index (χ2v) is 6.67. The summed E-state index contributed by atoms with van der Waals surface area (Å²) in [6.45, 7) is 8.46. The van der Waals surface area contributed by atoms with E-state index in [1.807, 2.05) is 0 Å². The zero-order chi connectivity index (χ0) is 15.7. The van der Waals surface area contributed by atoms with E-state index in [4.69, 9.17) is 34.8 Å². The quantitative estimate of drug-likeness (QED) is 0.651. The lowest BCUT2D eigenvalue weighted by atomic mass is 9.95. The average molecular weight is 343 g/mol. The highest BCUT2D eigenvalue weighted by Gasteiger charge is 2.15. The van der Waals surface area contributed by atoms with Crippen molar-refractivity contribution < 1.29 is 0 Å². The molecule has 112 valence electrons. The van der Waals surface area contributed by atoms with E-state index in [1.54, 1.807) is 12.1 Å². The standard InChI is InChI=1S/C17H18Cl3N/c1-9-5-10(2)16(11(3)6-9)12(4)21-17-14(19)7-13(18)8-15(17)20/h5-8,12,21H,1-4H3. The maximum absolute atomic E-state index is 6.24. The van der Waals surface area contributed by atoms with Gasteiger partial charge in [0.1, 0.15) is 0 Å². The minimum absolute atomic E-state index is 0.0989. The molecule has 0 bridgehead atoms. The maximum Gasteiger partial charge on any atom is 0.0724 e. The van der Waals surface area contributed by atoms with Gasteiger partial charge in [-0.15, -0.1) is 0 Å². The Balaban J connectivity index is 2.37. The summed E-state index contributed by atoms with van der Waals surface area (Å²) in [6, 6.07) is 7.86. The van der Waals surface area contributed by atoms with E-state index in [2.05, 4.69) is 45.1 Å². The van der Waals surface area contributed by atoms with Crippen molar-refractivity contribution >= 4 is 40.5 Å². The molecule has 0 aliphatic heterocycles. The molecule has 2 aromatic rings. The molecule has 2 rings (SSSR count). The van der Waals surface area contributed by atoms with E-state index in [9.17, 15) is 0 Å². The number of aryl methyl sites for hydroxylation is 3. The fourth-order valence-corrected chi connectivity index (χ4v) is 3.77. The van der Waals surface area contributed by atoms with Gasteiger partial charge in [0.15, 0.2) is 0 Å². The van der Waals surface area contributed by atoms with Crippen molar-refractivity contribution in [2.75, 3.05) is 5.32 Å². The van der Waals surface area contributed by atoms with Crippen molar-refractivity contribution in [1.82, 2.24) is 0 Å². The molecule has 1 unspecified atom stereocenters. The number of rotatable bonds is 3. The topological polar surface area (TPSA) is 12.0 Å². The van der Waals surface area contributed by atoms with Crippen LogP contribution >= 0.6 is 34.8 Å². The van der Waals surface area contributed by atoms with E-state index >= 15 is 0 Å². The highest BCUT2D eigenvalue weighted by atomic mass is 35.5. The van der Waals surface area contributed by atoms with Crippen LogP contribution in [0.25, 0.3) is 0 Å². The summed E-state index contributed by atoms with van der Waals surface area (Å²) >= 11 is 18.4. The molecular weight excluding hydrogens is 325 g/mol. The summed E-state index contributed by atoms with van der Waals surface area (Å²) < 4.78 is 0. The molecule has 0 fully saturated rings. The van der Waals surface area contributed by atoms with Gasteiger partial charge in [0.25, 0.3) is 0 Å². The zero-order valence-corrected chi connectivity index (χ0v) is 14.8. The van der Waals surface area contributed by atoms with Crippen molar-refractivity contribution in [3.8, 4) is 0 Å². The summed E-state index contributed by atoms with van der Waals surface area (Å²) in [5.41, 5.74) is 5.77. The Kier molecular flexibility index (Phi) is 5.08. The second kappa shape index (κ2) is 6.48. The Labute approximate surface area is 141 Å². The number of anilines is 1. The molecule has 0 aromatic heterocycles. The summed E-state index contributed by atoms with van der Waals surface area (Å²) in [7, 11) is 0. The maximum atomic E-state index is 6.24. The number of hydrogen-bond donors (Lipinski definition) is 1. The van der Waals surface area contributed by atoms with Gasteiger partial charge in [-0.05, 0) is 56.5 Å². The van der Waals surface area contributed by atoms with E-state index in [0.29, 0.717) is 15.1 Å². The Morgan fingerprint density at radius 2 is 1.33 bits per heavy atom.